The molecule has 0 radical (unpaired) electrons. The molecular weight excluding hydrogens is 449 g/mol. The highest BCUT2D eigenvalue weighted by Gasteiger charge is 2.52. The number of aliphatic hydroxyl groups is 3. The Labute approximate surface area is 187 Å². The van der Waals surface area contributed by atoms with Crippen LogP contribution in [0.3, 0.4) is 0 Å². The summed E-state index contributed by atoms with van der Waals surface area (Å²) in [6.45, 7) is -1.54. The van der Waals surface area contributed by atoms with Crippen LogP contribution >= 0.6 is 0 Å². The fourth-order valence-corrected chi connectivity index (χ4v) is 4.24. The quantitative estimate of drug-likeness (QED) is 0.445. The predicted molar refractivity (Wildman–Crippen MR) is 107 cm³/mol. The van der Waals surface area contributed by atoms with Crippen LogP contribution in [0.2, 0.25) is 0 Å². The van der Waals surface area contributed by atoms with E-state index in [0.29, 0.717) is 16.0 Å². The highest BCUT2D eigenvalue weighted by Crippen LogP contribution is 2.51. The molecule has 0 saturated heterocycles. The van der Waals surface area contributed by atoms with Crippen molar-refractivity contribution in [3.05, 3.63) is 34.9 Å². The minimum absolute atomic E-state index is 0.0342. The van der Waals surface area contributed by atoms with Crippen LogP contribution in [0.4, 0.5) is 13.2 Å². The number of carbonyl (C=O) groups excluding carboxylic acids is 2. The van der Waals surface area contributed by atoms with Gasteiger partial charge in [0.25, 0.3) is 0 Å². The largest absolute Gasteiger partial charge is 0.493 e. The van der Waals surface area contributed by atoms with Crippen molar-refractivity contribution in [1.29, 1.82) is 0 Å². The van der Waals surface area contributed by atoms with Gasteiger partial charge >= 0.3 is 6.18 Å². The van der Waals surface area contributed by atoms with E-state index < -0.39 is 48.7 Å². The number of ether oxygens (including phenoxy) is 2. The first-order valence-electron chi connectivity index (χ1n) is 10.1. The van der Waals surface area contributed by atoms with Gasteiger partial charge in [-0.3, -0.25) is 9.59 Å². The Morgan fingerprint density at radius 2 is 1.97 bits per heavy atom. The van der Waals surface area contributed by atoms with E-state index >= 15 is 0 Å². The number of hydrogen-bond acceptors (Lipinski definition) is 7. The standard InChI is InChI=1S/C21H25F3N2O7/c1-10(29)26(9-21(22,23)24)14-7-13(20(31)25-3-4-27)16-12-5-11(8-28)6-15(32-2)18(12)33-19(16)17(14)30/h5-7,14,16-17,19,27-28,30H,3-4,8-9H2,1-2H3,(H,25,31). The zero-order chi connectivity index (χ0) is 24.5. The van der Waals surface area contributed by atoms with Gasteiger partial charge in [-0.05, 0) is 23.8 Å². The third kappa shape index (κ3) is 4.92. The minimum atomic E-state index is -4.74. The van der Waals surface area contributed by atoms with Crippen molar-refractivity contribution in [2.45, 2.75) is 43.9 Å². The zero-order valence-electron chi connectivity index (χ0n) is 17.9. The summed E-state index contributed by atoms with van der Waals surface area (Å²) in [5.74, 6) is -2.17. The van der Waals surface area contributed by atoms with Crippen molar-refractivity contribution in [3.8, 4) is 11.5 Å². The molecule has 0 aromatic heterocycles. The number of carbonyl (C=O) groups is 2. The SMILES string of the molecule is COc1cc(CO)cc2c1OC1C2C(C(=O)NCCO)=CC(N(CC(F)(F)F)C(C)=O)C1O. The third-order valence-electron chi connectivity index (χ3n) is 5.61. The Hall–Kier alpha value is -2.83. The topological polar surface area (TPSA) is 129 Å². The maximum atomic E-state index is 13.2. The smallest absolute Gasteiger partial charge is 0.406 e. The van der Waals surface area contributed by atoms with Crippen LogP contribution in [0.1, 0.15) is 24.0 Å². The fraction of sp³-hybridized carbons (Fsp3) is 0.524. The highest BCUT2D eigenvalue weighted by molar-refractivity contribution is 5.96. The molecular formula is C21H25F3N2O7. The van der Waals surface area contributed by atoms with Gasteiger partial charge in [-0.2, -0.15) is 13.2 Å². The van der Waals surface area contributed by atoms with E-state index in [1.807, 2.05) is 0 Å². The number of methoxy groups -OCH3 is 1. The first kappa shape index (κ1) is 24.8. The number of nitrogens with one attached hydrogen (secondary N) is 1. The van der Waals surface area contributed by atoms with Gasteiger partial charge in [-0.25, -0.2) is 0 Å². The fourth-order valence-electron chi connectivity index (χ4n) is 4.24. The molecule has 2 amide bonds. The molecule has 2 aliphatic rings. The summed E-state index contributed by atoms with van der Waals surface area (Å²) >= 11 is 0. The van der Waals surface area contributed by atoms with Gasteiger partial charge in [0.05, 0.1) is 32.3 Å². The molecule has 4 unspecified atom stereocenters. The second-order valence-corrected chi connectivity index (χ2v) is 7.78. The molecule has 1 aliphatic carbocycles. The third-order valence-corrected chi connectivity index (χ3v) is 5.61. The number of rotatable bonds is 7. The predicted octanol–water partition coefficient (Wildman–Crippen LogP) is 0.221. The molecule has 0 bridgehead atoms. The lowest BCUT2D eigenvalue weighted by atomic mass is 9.77. The van der Waals surface area contributed by atoms with E-state index in [4.69, 9.17) is 14.6 Å². The Kier molecular flexibility index (Phi) is 7.20. The van der Waals surface area contributed by atoms with Crippen LogP contribution in [-0.4, -0.2) is 83.3 Å². The van der Waals surface area contributed by atoms with Gasteiger partial charge in [0.15, 0.2) is 11.5 Å². The maximum Gasteiger partial charge on any atom is 0.406 e. The van der Waals surface area contributed by atoms with Crippen LogP contribution in [-0.2, 0) is 16.2 Å². The number of halogens is 3. The van der Waals surface area contributed by atoms with Crippen molar-refractivity contribution in [2.24, 2.45) is 0 Å². The van der Waals surface area contributed by atoms with Gasteiger partial charge in [0.2, 0.25) is 11.8 Å². The van der Waals surface area contributed by atoms with Gasteiger partial charge in [0, 0.05) is 24.6 Å². The van der Waals surface area contributed by atoms with Crippen LogP contribution in [0.5, 0.6) is 11.5 Å². The van der Waals surface area contributed by atoms with E-state index in [-0.39, 0.29) is 36.8 Å². The first-order valence-corrected chi connectivity index (χ1v) is 10.1. The second-order valence-electron chi connectivity index (χ2n) is 7.78. The molecule has 0 spiro atoms. The van der Waals surface area contributed by atoms with E-state index in [2.05, 4.69) is 5.32 Å². The van der Waals surface area contributed by atoms with Gasteiger partial charge in [-0.15, -0.1) is 0 Å². The van der Waals surface area contributed by atoms with Crippen LogP contribution in [0.15, 0.2) is 23.8 Å². The Balaban J connectivity index is 2.14. The molecule has 3 rings (SSSR count). The molecule has 1 aromatic carbocycles. The molecule has 4 atom stereocenters. The number of nitrogens with zero attached hydrogens (tertiary/aromatic N) is 1. The molecule has 1 aliphatic heterocycles. The summed E-state index contributed by atoms with van der Waals surface area (Å²) in [6, 6.07) is 1.56. The average molecular weight is 474 g/mol. The second kappa shape index (κ2) is 9.57. The Morgan fingerprint density at radius 3 is 2.52 bits per heavy atom. The monoisotopic (exact) mass is 474 g/mol. The lowest BCUT2D eigenvalue weighted by molar-refractivity contribution is -0.168. The van der Waals surface area contributed by atoms with Crippen molar-refractivity contribution in [2.75, 3.05) is 26.8 Å². The molecule has 182 valence electrons. The molecule has 12 heteroatoms. The number of benzene rings is 1. The van der Waals surface area contributed by atoms with Gasteiger partial charge in [0.1, 0.15) is 18.8 Å². The number of aliphatic hydroxyl groups excluding tert-OH is 3. The van der Waals surface area contributed by atoms with Crippen molar-refractivity contribution >= 4 is 11.8 Å². The molecule has 1 heterocycles. The lowest BCUT2D eigenvalue weighted by Gasteiger charge is -2.40. The van der Waals surface area contributed by atoms with Crippen LogP contribution in [0, 0.1) is 0 Å². The van der Waals surface area contributed by atoms with Crippen LogP contribution < -0.4 is 14.8 Å². The number of amides is 2. The summed E-state index contributed by atoms with van der Waals surface area (Å²) < 4.78 is 50.7. The van der Waals surface area contributed by atoms with Crippen molar-refractivity contribution in [1.82, 2.24) is 10.2 Å². The summed E-state index contributed by atoms with van der Waals surface area (Å²) in [4.78, 5) is 25.4. The lowest BCUT2D eigenvalue weighted by Crippen LogP contribution is -2.57. The molecule has 4 N–H and O–H groups in total. The number of hydrogen-bond donors (Lipinski definition) is 4. The van der Waals surface area contributed by atoms with Gasteiger partial charge < -0.3 is 35.0 Å². The number of alkyl halides is 3. The van der Waals surface area contributed by atoms with E-state index in [1.54, 1.807) is 6.07 Å². The van der Waals surface area contributed by atoms with Crippen LogP contribution in [0.25, 0.3) is 0 Å². The Bertz CT molecular complexity index is 951. The van der Waals surface area contributed by atoms with Crippen molar-refractivity contribution in [3.63, 3.8) is 0 Å². The van der Waals surface area contributed by atoms with E-state index in [1.165, 1.54) is 13.2 Å². The molecule has 1 aromatic rings. The highest BCUT2D eigenvalue weighted by atomic mass is 19.4. The Morgan fingerprint density at radius 1 is 1.27 bits per heavy atom. The molecule has 0 saturated carbocycles. The number of fused-ring (bicyclic) bond motifs is 3. The molecule has 9 nitrogen and oxygen atoms in total. The molecule has 33 heavy (non-hydrogen) atoms. The summed E-state index contributed by atoms with van der Waals surface area (Å²) in [7, 11) is 1.35. The minimum Gasteiger partial charge on any atom is -0.493 e. The summed E-state index contributed by atoms with van der Waals surface area (Å²) in [5, 5.41) is 32.1. The first-order chi connectivity index (χ1) is 15.5. The van der Waals surface area contributed by atoms with E-state index in [0.717, 1.165) is 13.0 Å². The summed E-state index contributed by atoms with van der Waals surface area (Å²) in [6.07, 6.45) is -6.43. The average Bonchev–Trinajstić information content (AvgIpc) is 3.15. The zero-order valence-corrected chi connectivity index (χ0v) is 17.9. The summed E-state index contributed by atoms with van der Waals surface area (Å²) in [5.41, 5.74) is 0.800. The van der Waals surface area contributed by atoms with Crippen molar-refractivity contribution < 1.29 is 47.6 Å². The van der Waals surface area contributed by atoms with Gasteiger partial charge in [-0.1, -0.05) is 0 Å². The molecule has 0 fully saturated rings. The maximum absolute atomic E-state index is 13.2. The van der Waals surface area contributed by atoms with E-state index in [9.17, 15) is 33.0 Å². The normalized spacial score (nSPS) is 23.7.